The molecule has 0 fully saturated rings. The fourth-order valence-electron chi connectivity index (χ4n) is 1.90. The Hall–Kier alpha value is -1.04. The molecule has 0 aliphatic carbocycles. The van der Waals surface area contributed by atoms with Gasteiger partial charge < -0.3 is 0 Å². The van der Waals surface area contributed by atoms with Crippen molar-refractivity contribution in [3.8, 4) is 11.1 Å². The van der Waals surface area contributed by atoms with Crippen LogP contribution in [0.25, 0.3) is 11.1 Å². The maximum absolute atomic E-state index is 13.1. The van der Waals surface area contributed by atoms with Crippen molar-refractivity contribution in [3.63, 3.8) is 0 Å². The maximum Gasteiger partial charge on any atom is 0.417 e. The Morgan fingerprint density at radius 2 is 1.45 bits per heavy atom. The van der Waals surface area contributed by atoms with E-state index in [1.807, 2.05) is 0 Å². The number of benzene rings is 2. The van der Waals surface area contributed by atoms with Gasteiger partial charge in [0.25, 0.3) is 6.43 Å². The molecule has 0 atom stereocenters. The van der Waals surface area contributed by atoms with Crippen LogP contribution in [0.5, 0.6) is 0 Å². The van der Waals surface area contributed by atoms with E-state index in [4.69, 9.17) is 34.8 Å². The first-order valence-corrected chi connectivity index (χ1v) is 6.89. The van der Waals surface area contributed by atoms with Gasteiger partial charge in [0.2, 0.25) is 0 Å². The van der Waals surface area contributed by atoms with E-state index >= 15 is 0 Å². The minimum absolute atomic E-state index is 0.0500. The molecular weight excluding hydrogens is 370 g/mol. The van der Waals surface area contributed by atoms with E-state index in [-0.39, 0.29) is 20.6 Å². The molecule has 8 heteroatoms. The van der Waals surface area contributed by atoms with E-state index in [0.29, 0.717) is 6.07 Å². The normalized spacial score (nSPS) is 12.0. The summed E-state index contributed by atoms with van der Waals surface area (Å²) in [5, 5.41) is -0.323. The van der Waals surface area contributed by atoms with Crippen LogP contribution in [0.4, 0.5) is 22.0 Å². The number of rotatable bonds is 2. The summed E-state index contributed by atoms with van der Waals surface area (Å²) in [7, 11) is 0. The number of alkyl halides is 5. The summed E-state index contributed by atoms with van der Waals surface area (Å²) in [6.45, 7) is 0. The van der Waals surface area contributed by atoms with Gasteiger partial charge in [0, 0.05) is 11.1 Å². The van der Waals surface area contributed by atoms with E-state index < -0.39 is 29.3 Å². The van der Waals surface area contributed by atoms with E-state index in [2.05, 4.69) is 0 Å². The van der Waals surface area contributed by atoms with Crippen LogP contribution in [0.15, 0.2) is 30.3 Å². The second-order valence-electron chi connectivity index (χ2n) is 4.33. The van der Waals surface area contributed by atoms with Gasteiger partial charge in [-0.3, -0.25) is 0 Å². The zero-order valence-corrected chi connectivity index (χ0v) is 12.8. The van der Waals surface area contributed by atoms with Crippen LogP contribution in [0.1, 0.15) is 17.6 Å². The van der Waals surface area contributed by atoms with Crippen molar-refractivity contribution in [2.45, 2.75) is 12.6 Å². The average molecular weight is 376 g/mol. The molecular formula is C14H6Cl3F5. The minimum Gasteiger partial charge on any atom is -0.205 e. The predicted octanol–water partition coefficient (Wildman–Crippen LogP) is 7.27. The van der Waals surface area contributed by atoms with Gasteiger partial charge in [0.15, 0.2) is 0 Å². The third-order valence-corrected chi connectivity index (χ3v) is 4.22. The van der Waals surface area contributed by atoms with Gasteiger partial charge in [0.1, 0.15) is 0 Å². The maximum atomic E-state index is 13.1. The molecule has 2 aromatic rings. The molecule has 0 radical (unpaired) electrons. The average Bonchev–Trinajstić information content (AvgIpc) is 2.43. The second-order valence-corrected chi connectivity index (χ2v) is 5.49. The highest BCUT2D eigenvalue weighted by molar-refractivity contribution is 6.49. The number of halogens is 8. The molecule has 0 N–H and O–H groups in total. The highest BCUT2D eigenvalue weighted by Crippen LogP contribution is 2.44. The van der Waals surface area contributed by atoms with Crippen LogP contribution < -0.4 is 0 Å². The molecule has 0 bridgehead atoms. The smallest absolute Gasteiger partial charge is 0.205 e. The van der Waals surface area contributed by atoms with Gasteiger partial charge in [0.05, 0.1) is 20.6 Å². The second kappa shape index (κ2) is 6.22. The van der Waals surface area contributed by atoms with Gasteiger partial charge in [-0.1, -0.05) is 46.9 Å². The summed E-state index contributed by atoms with van der Waals surface area (Å²) in [6, 6.07) is 4.52. The summed E-state index contributed by atoms with van der Waals surface area (Å²) in [6.07, 6.45) is -7.65. The van der Waals surface area contributed by atoms with E-state index in [0.717, 1.165) is 12.1 Å². The Labute approximate surface area is 137 Å². The van der Waals surface area contributed by atoms with Crippen LogP contribution in [0.3, 0.4) is 0 Å². The summed E-state index contributed by atoms with van der Waals surface area (Å²) in [4.78, 5) is 0. The summed E-state index contributed by atoms with van der Waals surface area (Å²) in [5.41, 5.74) is -2.23. The third-order valence-electron chi connectivity index (χ3n) is 2.93. The fraction of sp³-hybridized carbons (Fsp3) is 0.143. The van der Waals surface area contributed by atoms with Crippen molar-refractivity contribution < 1.29 is 22.0 Å². The monoisotopic (exact) mass is 374 g/mol. The predicted molar refractivity (Wildman–Crippen MR) is 76.9 cm³/mol. The minimum atomic E-state index is -4.73. The standard InChI is InChI=1S/C14H6Cl3F5/c15-10-4-2-7(11(16)12(10)17)8-5-6(13(18)19)1-3-9(8)14(20,21)22/h1-5,13H. The lowest BCUT2D eigenvalue weighted by molar-refractivity contribution is -0.137. The van der Waals surface area contributed by atoms with Crippen LogP contribution in [0, 0.1) is 0 Å². The van der Waals surface area contributed by atoms with Gasteiger partial charge >= 0.3 is 6.18 Å². The summed E-state index contributed by atoms with van der Waals surface area (Å²) in [5.74, 6) is 0. The van der Waals surface area contributed by atoms with Crippen molar-refractivity contribution in [2.24, 2.45) is 0 Å². The molecule has 2 rings (SSSR count). The fourth-order valence-corrected chi connectivity index (χ4v) is 2.54. The lowest BCUT2D eigenvalue weighted by Crippen LogP contribution is -2.08. The molecule has 0 amide bonds. The molecule has 118 valence electrons. The van der Waals surface area contributed by atoms with Crippen LogP contribution >= 0.6 is 34.8 Å². The molecule has 0 saturated heterocycles. The molecule has 0 aromatic heterocycles. The Morgan fingerprint density at radius 1 is 0.818 bits per heavy atom. The Kier molecular flexibility index (Phi) is 4.90. The van der Waals surface area contributed by atoms with Gasteiger partial charge in [-0.25, -0.2) is 8.78 Å². The lowest BCUT2D eigenvalue weighted by atomic mass is 9.96. The van der Waals surface area contributed by atoms with Gasteiger partial charge in [-0.15, -0.1) is 0 Å². The van der Waals surface area contributed by atoms with Gasteiger partial charge in [-0.2, -0.15) is 13.2 Å². The quantitative estimate of drug-likeness (QED) is 0.382. The lowest BCUT2D eigenvalue weighted by Gasteiger charge is -2.16. The van der Waals surface area contributed by atoms with Crippen molar-refractivity contribution in [2.75, 3.05) is 0 Å². The molecule has 0 unspecified atom stereocenters. The first kappa shape index (κ1) is 17.3. The Balaban J connectivity index is 2.77. The highest BCUT2D eigenvalue weighted by atomic mass is 35.5. The zero-order valence-electron chi connectivity index (χ0n) is 10.5. The largest absolute Gasteiger partial charge is 0.417 e. The molecule has 0 nitrogen and oxygen atoms in total. The van der Waals surface area contributed by atoms with Crippen molar-refractivity contribution in [1.82, 2.24) is 0 Å². The van der Waals surface area contributed by atoms with Crippen LogP contribution in [0.2, 0.25) is 15.1 Å². The van der Waals surface area contributed by atoms with Crippen molar-refractivity contribution in [3.05, 3.63) is 56.5 Å². The topological polar surface area (TPSA) is 0 Å². The van der Waals surface area contributed by atoms with E-state index in [1.54, 1.807) is 0 Å². The van der Waals surface area contributed by atoms with Crippen molar-refractivity contribution >= 4 is 34.8 Å². The Bertz CT molecular complexity index is 710. The molecule has 0 heterocycles. The summed E-state index contributed by atoms with van der Waals surface area (Å²) < 4.78 is 64.8. The number of hydrogen-bond donors (Lipinski definition) is 0. The molecule has 0 aliphatic heterocycles. The Morgan fingerprint density at radius 3 is 2.00 bits per heavy atom. The highest BCUT2D eigenvalue weighted by Gasteiger charge is 2.34. The SMILES string of the molecule is FC(F)c1ccc(C(F)(F)F)c(-c2ccc(Cl)c(Cl)c2Cl)c1. The number of hydrogen-bond acceptors (Lipinski definition) is 0. The summed E-state index contributed by atoms with van der Waals surface area (Å²) >= 11 is 17.5. The molecule has 0 saturated carbocycles. The molecule has 0 spiro atoms. The van der Waals surface area contributed by atoms with E-state index in [1.165, 1.54) is 12.1 Å². The first-order valence-electron chi connectivity index (χ1n) is 5.76. The third kappa shape index (κ3) is 3.31. The van der Waals surface area contributed by atoms with Gasteiger partial charge in [-0.05, 0) is 23.8 Å². The molecule has 0 aliphatic rings. The molecule has 22 heavy (non-hydrogen) atoms. The van der Waals surface area contributed by atoms with Crippen LogP contribution in [-0.4, -0.2) is 0 Å². The van der Waals surface area contributed by atoms with Crippen LogP contribution in [-0.2, 0) is 6.18 Å². The van der Waals surface area contributed by atoms with E-state index in [9.17, 15) is 22.0 Å². The van der Waals surface area contributed by atoms with Crippen molar-refractivity contribution in [1.29, 1.82) is 0 Å². The molecule has 2 aromatic carbocycles. The first-order chi connectivity index (χ1) is 10.1. The zero-order chi connectivity index (χ0) is 16.7.